The molecule has 3 rings (SSSR count). The van der Waals surface area contributed by atoms with Crippen LogP contribution in [0.2, 0.25) is 0 Å². The Bertz CT molecular complexity index is 609. The first-order chi connectivity index (χ1) is 10.8. The third kappa shape index (κ3) is 3.85. The van der Waals surface area contributed by atoms with Crippen molar-refractivity contribution >= 4 is 17.7 Å². The molecule has 1 fully saturated rings. The van der Waals surface area contributed by atoms with E-state index in [4.69, 9.17) is 0 Å². The van der Waals surface area contributed by atoms with Crippen molar-refractivity contribution in [2.24, 2.45) is 0 Å². The monoisotopic (exact) mass is 317 g/mol. The molecule has 1 aliphatic rings. The van der Waals surface area contributed by atoms with Gasteiger partial charge in [0.15, 0.2) is 0 Å². The molecule has 0 N–H and O–H groups in total. The molecule has 1 amide bonds. The van der Waals surface area contributed by atoms with Crippen molar-refractivity contribution in [1.82, 2.24) is 25.1 Å². The van der Waals surface area contributed by atoms with Crippen LogP contribution >= 0.6 is 11.8 Å². The van der Waals surface area contributed by atoms with Crippen LogP contribution < -0.4 is 0 Å². The van der Waals surface area contributed by atoms with Crippen molar-refractivity contribution in [1.29, 1.82) is 0 Å². The first-order valence-electron chi connectivity index (χ1n) is 7.53. The van der Waals surface area contributed by atoms with Gasteiger partial charge in [-0.1, -0.05) is 42.1 Å². The molecule has 0 aliphatic carbocycles. The fraction of sp³-hybridized carbons (Fsp3) is 0.467. The molecule has 1 saturated heterocycles. The van der Waals surface area contributed by atoms with Crippen molar-refractivity contribution in [2.75, 3.05) is 18.8 Å². The number of nitrogens with zero attached hydrogens (tertiary/aromatic N) is 5. The summed E-state index contributed by atoms with van der Waals surface area (Å²) in [7, 11) is 0. The maximum absolute atomic E-state index is 12.2. The summed E-state index contributed by atoms with van der Waals surface area (Å²) in [5.74, 6) is 0.578. The van der Waals surface area contributed by atoms with Crippen LogP contribution in [0.25, 0.3) is 0 Å². The zero-order chi connectivity index (χ0) is 15.2. The van der Waals surface area contributed by atoms with Gasteiger partial charge in [-0.05, 0) is 35.3 Å². The van der Waals surface area contributed by atoms with E-state index in [2.05, 4.69) is 15.5 Å². The van der Waals surface area contributed by atoms with Gasteiger partial charge >= 0.3 is 0 Å². The van der Waals surface area contributed by atoms with E-state index in [1.54, 1.807) is 4.68 Å². The number of carbonyl (C=O) groups is 1. The Balaban J connectivity index is 1.57. The van der Waals surface area contributed by atoms with Crippen molar-refractivity contribution in [3.8, 4) is 0 Å². The number of benzene rings is 1. The van der Waals surface area contributed by atoms with Gasteiger partial charge in [0, 0.05) is 13.1 Å². The number of carbonyl (C=O) groups excluding carboxylic acids is 1. The van der Waals surface area contributed by atoms with Crippen molar-refractivity contribution in [3.05, 3.63) is 35.9 Å². The number of piperidine rings is 1. The van der Waals surface area contributed by atoms with Crippen molar-refractivity contribution in [3.63, 3.8) is 0 Å². The summed E-state index contributed by atoms with van der Waals surface area (Å²) in [6, 6.07) is 10.0. The average molecular weight is 317 g/mol. The summed E-state index contributed by atoms with van der Waals surface area (Å²) in [4.78, 5) is 14.1. The zero-order valence-corrected chi connectivity index (χ0v) is 13.2. The van der Waals surface area contributed by atoms with Gasteiger partial charge < -0.3 is 4.90 Å². The second kappa shape index (κ2) is 7.40. The van der Waals surface area contributed by atoms with Crippen LogP contribution in [0.1, 0.15) is 24.8 Å². The predicted molar refractivity (Wildman–Crippen MR) is 84.5 cm³/mol. The first kappa shape index (κ1) is 15.0. The molecule has 0 radical (unpaired) electrons. The summed E-state index contributed by atoms with van der Waals surface area (Å²) in [6.45, 7) is 2.39. The second-order valence-electron chi connectivity index (χ2n) is 5.33. The summed E-state index contributed by atoms with van der Waals surface area (Å²) in [5, 5.41) is 12.5. The third-order valence-electron chi connectivity index (χ3n) is 3.71. The topological polar surface area (TPSA) is 63.9 Å². The van der Waals surface area contributed by atoms with Gasteiger partial charge in [0.05, 0.1) is 12.3 Å². The molecule has 22 heavy (non-hydrogen) atoms. The lowest BCUT2D eigenvalue weighted by molar-refractivity contribution is -0.129. The van der Waals surface area contributed by atoms with Crippen molar-refractivity contribution in [2.45, 2.75) is 31.0 Å². The van der Waals surface area contributed by atoms with E-state index in [1.165, 1.54) is 18.2 Å². The van der Waals surface area contributed by atoms with Gasteiger partial charge in [0.25, 0.3) is 0 Å². The molecule has 1 aliphatic heterocycles. The summed E-state index contributed by atoms with van der Waals surface area (Å²) in [6.07, 6.45) is 3.45. The van der Waals surface area contributed by atoms with Gasteiger partial charge in [-0.3, -0.25) is 4.79 Å². The molecule has 2 heterocycles. The van der Waals surface area contributed by atoms with Gasteiger partial charge in [-0.25, -0.2) is 4.68 Å². The number of hydrogen-bond donors (Lipinski definition) is 0. The van der Waals surface area contributed by atoms with Crippen LogP contribution in [0.3, 0.4) is 0 Å². The maximum atomic E-state index is 12.2. The summed E-state index contributed by atoms with van der Waals surface area (Å²) < 4.78 is 1.74. The average Bonchev–Trinajstić information content (AvgIpc) is 3.01. The van der Waals surface area contributed by atoms with E-state index < -0.39 is 0 Å². The normalized spacial score (nSPS) is 15.0. The molecular formula is C15H19N5OS. The standard InChI is InChI=1S/C15H19N5OS/c21-14(19-9-5-2-6-10-19)12-22-15-16-17-18-20(15)11-13-7-3-1-4-8-13/h1,3-4,7-8H,2,5-6,9-12H2. The van der Waals surface area contributed by atoms with E-state index in [1.807, 2.05) is 35.2 Å². The highest BCUT2D eigenvalue weighted by Gasteiger charge is 2.18. The number of tetrazole rings is 1. The number of likely N-dealkylation sites (tertiary alicyclic amines) is 1. The Morgan fingerprint density at radius 3 is 2.68 bits per heavy atom. The van der Waals surface area contributed by atoms with Crippen LogP contribution in [0, 0.1) is 0 Å². The minimum absolute atomic E-state index is 0.180. The molecule has 2 aromatic rings. The molecule has 1 aromatic heterocycles. The Morgan fingerprint density at radius 2 is 1.91 bits per heavy atom. The third-order valence-corrected chi connectivity index (χ3v) is 4.65. The smallest absolute Gasteiger partial charge is 0.233 e. The first-order valence-corrected chi connectivity index (χ1v) is 8.52. The fourth-order valence-electron chi connectivity index (χ4n) is 2.52. The highest BCUT2D eigenvalue weighted by molar-refractivity contribution is 7.99. The number of rotatable bonds is 5. The SMILES string of the molecule is O=C(CSc1nnnn1Cc1ccccc1)N1CCCCC1. The predicted octanol–water partition coefficient (Wildman–Crippen LogP) is 1.83. The van der Waals surface area contributed by atoms with Crippen LogP contribution in [-0.2, 0) is 11.3 Å². The molecule has 0 bridgehead atoms. The minimum Gasteiger partial charge on any atom is -0.342 e. The van der Waals surface area contributed by atoms with Crippen LogP contribution in [0.5, 0.6) is 0 Å². The molecule has 0 atom stereocenters. The fourth-order valence-corrected chi connectivity index (χ4v) is 3.30. The van der Waals surface area contributed by atoms with Crippen LogP contribution in [0.15, 0.2) is 35.5 Å². The van der Waals surface area contributed by atoms with Gasteiger partial charge in [0.2, 0.25) is 11.1 Å². The van der Waals surface area contributed by atoms with E-state index in [9.17, 15) is 4.79 Å². The lowest BCUT2D eigenvalue weighted by atomic mass is 10.1. The lowest BCUT2D eigenvalue weighted by Crippen LogP contribution is -2.36. The quantitative estimate of drug-likeness (QED) is 0.787. The molecule has 0 saturated carbocycles. The summed E-state index contributed by atoms with van der Waals surface area (Å²) >= 11 is 1.41. The van der Waals surface area contributed by atoms with E-state index in [0.717, 1.165) is 31.5 Å². The van der Waals surface area contributed by atoms with Crippen LogP contribution in [-0.4, -0.2) is 49.9 Å². The second-order valence-corrected chi connectivity index (χ2v) is 6.28. The molecule has 0 unspecified atom stereocenters. The zero-order valence-electron chi connectivity index (χ0n) is 12.4. The highest BCUT2D eigenvalue weighted by Crippen LogP contribution is 2.17. The Hall–Kier alpha value is -1.89. The molecule has 1 aromatic carbocycles. The van der Waals surface area contributed by atoms with E-state index in [-0.39, 0.29) is 5.91 Å². The Morgan fingerprint density at radius 1 is 1.14 bits per heavy atom. The van der Waals surface area contributed by atoms with Crippen LogP contribution in [0.4, 0.5) is 0 Å². The lowest BCUT2D eigenvalue weighted by Gasteiger charge is -2.26. The van der Waals surface area contributed by atoms with Crippen molar-refractivity contribution < 1.29 is 4.79 Å². The molecule has 116 valence electrons. The molecular weight excluding hydrogens is 298 g/mol. The van der Waals surface area contributed by atoms with Gasteiger partial charge in [0.1, 0.15) is 0 Å². The van der Waals surface area contributed by atoms with E-state index >= 15 is 0 Å². The Labute approximate surface area is 133 Å². The van der Waals surface area contributed by atoms with E-state index in [0.29, 0.717) is 17.5 Å². The molecule has 6 nitrogen and oxygen atoms in total. The highest BCUT2D eigenvalue weighted by atomic mass is 32.2. The molecule has 0 spiro atoms. The number of amides is 1. The number of hydrogen-bond acceptors (Lipinski definition) is 5. The largest absolute Gasteiger partial charge is 0.342 e. The van der Waals surface area contributed by atoms with Gasteiger partial charge in [-0.15, -0.1) is 5.10 Å². The Kier molecular flexibility index (Phi) is 5.05. The number of aromatic nitrogens is 4. The minimum atomic E-state index is 0.180. The molecule has 7 heteroatoms. The van der Waals surface area contributed by atoms with Gasteiger partial charge in [-0.2, -0.15) is 0 Å². The maximum Gasteiger partial charge on any atom is 0.233 e. The number of thioether (sulfide) groups is 1. The summed E-state index contributed by atoms with van der Waals surface area (Å²) in [5.41, 5.74) is 1.14.